The van der Waals surface area contributed by atoms with E-state index in [0.29, 0.717) is 18.6 Å². The molecule has 1 aliphatic heterocycles. The predicted octanol–water partition coefficient (Wildman–Crippen LogP) is 1.43. The minimum absolute atomic E-state index is 0. The second-order valence-corrected chi connectivity index (χ2v) is 5.69. The standard InChI is InChI=1S/C13H25N3O.2ClH/c1-10-7-12(5-6-16(10)2)15-13(17)9-14-8-11-3-4-11;;/h10-12,14H,3-9H2,1-2H3,(H,15,17);2*1H. The van der Waals surface area contributed by atoms with E-state index in [1.807, 2.05) is 0 Å². The maximum atomic E-state index is 11.7. The molecule has 2 fully saturated rings. The lowest BCUT2D eigenvalue weighted by Gasteiger charge is -2.35. The summed E-state index contributed by atoms with van der Waals surface area (Å²) in [5.41, 5.74) is 0. The Morgan fingerprint density at radius 3 is 2.53 bits per heavy atom. The molecule has 0 aromatic carbocycles. The molecule has 1 heterocycles. The van der Waals surface area contributed by atoms with Gasteiger partial charge in [-0.3, -0.25) is 4.79 Å². The number of nitrogens with one attached hydrogen (secondary N) is 2. The highest BCUT2D eigenvalue weighted by atomic mass is 35.5. The highest BCUT2D eigenvalue weighted by molar-refractivity contribution is 5.85. The van der Waals surface area contributed by atoms with Crippen LogP contribution >= 0.6 is 24.8 Å². The predicted molar refractivity (Wildman–Crippen MR) is 83.3 cm³/mol. The normalized spacial score (nSPS) is 27.1. The van der Waals surface area contributed by atoms with Crippen LogP contribution in [0.2, 0.25) is 0 Å². The third kappa shape index (κ3) is 6.80. The highest BCUT2D eigenvalue weighted by Crippen LogP contribution is 2.27. The van der Waals surface area contributed by atoms with E-state index < -0.39 is 0 Å². The van der Waals surface area contributed by atoms with Crippen LogP contribution in [-0.2, 0) is 4.79 Å². The van der Waals surface area contributed by atoms with Gasteiger partial charge in [-0.15, -0.1) is 24.8 Å². The third-order valence-electron chi connectivity index (χ3n) is 3.99. The molecule has 1 amide bonds. The van der Waals surface area contributed by atoms with Crippen LogP contribution in [0.5, 0.6) is 0 Å². The second kappa shape index (κ2) is 9.01. The Labute approximate surface area is 128 Å². The average molecular weight is 312 g/mol. The molecule has 19 heavy (non-hydrogen) atoms. The number of amides is 1. The molecule has 4 nitrogen and oxygen atoms in total. The van der Waals surface area contributed by atoms with Crippen molar-refractivity contribution in [1.29, 1.82) is 0 Å². The van der Waals surface area contributed by atoms with Gasteiger partial charge in [0.2, 0.25) is 5.91 Å². The summed E-state index contributed by atoms with van der Waals surface area (Å²) in [6, 6.07) is 0.949. The smallest absolute Gasteiger partial charge is 0.234 e. The fraction of sp³-hybridized carbons (Fsp3) is 0.923. The van der Waals surface area contributed by atoms with E-state index in [2.05, 4.69) is 29.5 Å². The van der Waals surface area contributed by atoms with Gasteiger partial charge in [-0.25, -0.2) is 0 Å². The Hall–Kier alpha value is -0.0300. The first-order valence-corrected chi connectivity index (χ1v) is 6.85. The number of piperidine rings is 1. The summed E-state index contributed by atoms with van der Waals surface area (Å²) in [6.45, 7) is 4.81. The molecule has 2 atom stereocenters. The monoisotopic (exact) mass is 311 g/mol. The van der Waals surface area contributed by atoms with Crippen molar-refractivity contribution in [3.05, 3.63) is 0 Å². The zero-order chi connectivity index (χ0) is 12.3. The van der Waals surface area contributed by atoms with Gasteiger partial charge in [0.05, 0.1) is 6.54 Å². The fourth-order valence-electron chi connectivity index (χ4n) is 2.41. The minimum atomic E-state index is 0. The molecular formula is C13H27Cl2N3O. The van der Waals surface area contributed by atoms with Gasteiger partial charge in [0.25, 0.3) is 0 Å². The summed E-state index contributed by atoms with van der Waals surface area (Å²) in [4.78, 5) is 14.1. The number of carbonyl (C=O) groups is 1. The van der Waals surface area contributed by atoms with Gasteiger partial charge in [-0.2, -0.15) is 0 Å². The van der Waals surface area contributed by atoms with Crippen molar-refractivity contribution in [2.45, 2.75) is 44.7 Å². The van der Waals surface area contributed by atoms with Gasteiger partial charge < -0.3 is 15.5 Å². The molecule has 1 saturated heterocycles. The van der Waals surface area contributed by atoms with E-state index >= 15 is 0 Å². The van der Waals surface area contributed by atoms with E-state index in [4.69, 9.17) is 0 Å². The first-order chi connectivity index (χ1) is 8.15. The third-order valence-corrected chi connectivity index (χ3v) is 3.99. The molecule has 0 bridgehead atoms. The van der Waals surface area contributed by atoms with Crippen LogP contribution in [0.25, 0.3) is 0 Å². The van der Waals surface area contributed by atoms with Crippen LogP contribution in [0.4, 0.5) is 0 Å². The highest BCUT2D eigenvalue weighted by Gasteiger charge is 2.24. The number of hydrogen-bond donors (Lipinski definition) is 2. The van der Waals surface area contributed by atoms with Crippen LogP contribution in [0.3, 0.4) is 0 Å². The quantitative estimate of drug-likeness (QED) is 0.807. The van der Waals surface area contributed by atoms with E-state index in [9.17, 15) is 4.79 Å². The van der Waals surface area contributed by atoms with Gasteiger partial charge in [0.1, 0.15) is 0 Å². The van der Waals surface area contributed by atoms with Crippen molar-refractivity contribution in [2.75, 3.05) is 26.7 Å². The lowest BCUT2D eigenvalue weighted by Crippen LogP contribution is -2.49. The molecule has 114 valence electrons. The van der Waals surface area contributed by atoms with Crippen molar-refractivity contribution in [1.82, 2.24) is 15.5 Å². The molecule has 0 aromatic rings. The maximum absolute atomic E-state index is 11.7. The van der Waals surface area contributed by atoms with Crippen LogP contribution in [0.1, 0.15) is 32.6 Å². The number of rotatable bonds is 5. The van der Waals surface area contributed by atoms with Crippen LogP contribution < -0.4 is 10.6 Å². The Morgan fingerprint density at radius 1 is 1.26 bits per heavy atom. The van der Waals surface area contributed by atoms with Gasteiger partial charge in [0.15, 0.2) is 0 Å². The molecule has 0 spiro atoms. The molecule has 2 N–H and O–H groups in total. The molecule has 2 rings (SSSR count). The largest absolute Gasteiger partial charge is 0.352 e. The SMILES string of the molecule is CC1CC(NC(=O)CNCC2CC2)CCN1C.Cl.Cl. The first-order valence-electron chi connectivity index (χ1n) is 6.85. The van der Waals surface area contributed by atoms with Gasteiger partial charge >= 0.3 is 0 Å². The van der Waals surface area contributed by atoms with Crippen molar-refractivity contribution in [3.63, 3.8) is 0 Å². The number of carbonyl (C=O) groups excluding carboxylic acids is 1. The molecule has 1 saturated carbocycles. The Kier molecular flexibility index (Phi) is 8.99. The van der Waals surface area contributed by atoms with Gasteiger partial charge in [-0.1, -0.05) is 0 Å². The van der Waals surface area contributed by atoms with Crippen LogP contribution in [0, 0.1) is 5.92 Å². The van der Waals surface area contributed by atoms with Crippen molar-refractivity contribution in [2.24, 2.45) is 5.92 Å². The summed E-state index contributed by atoms with van der Waals surface area (Å²) in [6.07, 6.45) is 4.82. The summed E-state index contributed by atoms with van der Waals surface area (Å²) in [5, 5.41) is 6.37. The van der Waals surface area contributed by atoms with E-state index in [0.717, 1.165) is 31.8 Å². The Balaban J connectivity index is 0.00000162. The van der Waals surface area contributed by atoms with Gasteiger partial charge in [-0.05, 0) is 52.1 Å². The minimum Gasteiger partial charge on any atom is -0.352 e. The number of nitrogens with zero attached hydrogens (tertiary/aromatic N) is 1. The number of hydrogen-bond acceptors (Lipinski definition) is 3. The second-order valence-electron chi connectivity index (χ2n) is 5.69. The molecule has 2 unspecified atom stereocenters. The molecule has 6 heteroatoms. The Morgan fingerprint density at radius 2 is 1.95 bits per heavy atom. The fourth-order valence-corrected chi connectivity index (χ4v) is 2.41. The summed E-state index contributed by atoms with van der Waals surface area (Å²) >= 11 is 0. The Bertz CT molecular complexity index is 275. The average Bonchev–Trinajstić information content (AvgIpc) is 3.07. The molecular weight excluding hydrogens is 285 g/mol. The van der Waals surface area contributed by atoms with Crippen molar-refractivity contribution >= 4 is 30.7 Å². The number of halogens is 2. The summed E-state index contributed by atoms with van der Waals surface area (Å²) in [5.74, 6) is 0.999. The van der Waals surface area contributed by atoms with Crippen LogP contribution in [-0.4, -0.2) is 49.6 Å². The first kappa shape index (κ1) is 19.0. The molecule has 0 aromatic heterocycles. The number of likely N-dealkylation sites (tertiary alicyclic amines) is 1. The van der Waals surface area contributed by atoms with Crippen LogP contribution in [0.15, 0.2) is 0 Å². The molecule has 1 aliphatic carbocycles. The lowest BCUT2D eigenvalue weighted by atomic mass is 9.99. The molecule has 0 radical (unpaired) electrons. The molecule has 2 aliphatic rings. The van der Waals surface area contributed by atoms with Crippen molar-refractivity contribution in [3.8, 4) is 0 Å². The van der Waals surface area contributed by atoms with Gasteiger partial charge in [0, 0.05) is 18.6 Å². The van der Waals surface area contributed by atoms with E-state index in [1.54, 1.807) is 0 Å². The summed E-state index contributed by atoms with van der Waals surface area (Å²) < 4.78 is 0. The van der Waals surface area contributed by atoms with E-state index in [1.165, 1.54) is 12.8 Å². The zero-order valence-electron chi connectivity index (χ0n) is 11.9. The van der Waals surface area contributed by atoms with E-state index in [-0.39, 0.29) is 30.7 Å². The lowest BCUT2D eigenvalue weighted by molar-refractivity contribution is -0.121. The summed E-state index contributed by atoms with van der Waals surface area (Å²) in [7, 11) is 2.15. The van der Waals surface area contributed by atoms with Crippen molar-refractivity contribution < 1.29 is 4.79 Å². The zero-order valence-corrected chi connectivity index (χ0v) is 13.5. The topological polar surface area (TPSA) is 44.4 Å². The maximum Gasteiger partial charge on any atom is 0.234 e.